The number of phosphoric ester groups is 2. The molecule has 61 heavy (non-hydrogen) atoms. The number of unbranched alkanes of at least 4 members (excludes halogenated alkanes) is 20. The van der Waals surface area contributed by atoms with E-state index in [4.69, 9.17) is 28.3 Å². The molecule has 360 valence electrons. The molecule has 0 saturated heterocycles. The van der Waals surface area contributed by atoms with Gasteiger partial charge in [-0.15, -0.1) is 0 Å². The maximum absolute atomic E-state index is 13.0. The van der Waals surface area contributed by atoms with Gasteiger partial charge in [0, 0.05) is 18.6 Å². The van der Waals surface area contributed by atoms with E-state index in [1.165, 1.54) is 63.1 Å². The number of hydrogen-bond donors (Lipinski definition) is 7. The molecule has 1 aliphatic rings. The van der Waals surface area contributed by atoms with Crippen LogP contribution in [0.5, 0.6) is 0 Å². The fourth-order valence-electron chi connectivity index (χ4n) is 6.95. The van der Waals surface area contributed by atoms with Gasteiger partial charge in [-0.3, -0.25) is 28.0 Å². The van der Waals surface area contributed by atoms with E-state index in [0.29, 0.717) is 19.3 Å². The predicted molar refractivity (Wildman–Crippen MR) is 231 cm³/mol. The maximum Gasteiger partial charge on any atom is 0.472 e. The van der Waals surface area contributed by atoms with Crippen molar-refractivity contribution >= 4 is 44.5 Å². The summed E-state index contributed by atoms with van der Waals surface area (Å²) in [5.74, 6) is -0.550. The van der Waals surface area contributed by atoms with E-state index >= 15 is 0 Å². The van der Waals surface area contributed by atoms with E-state index in [1.54, 1.807) is 0 Å². The Bertz CT molecular complexity index is 1270. The molecular weight excluding hydrogens is 858 g/mol. The molecule has 0 aromatic rings. The third-order valence-corrected chi connectivity index (χ3v) is 13.0. The SMILES string of the molecule is CCCCCCCCCCCCCCCC(=O)O[C@@H](COP(=O)(O)OC1C(O)[C@H](O)C(O)[C@H](OP(=O)(O)O)[C@@H]1O)CC(=O)OCCCCCCCCCCCSC(=O)CCC. The predicted octanol–water partition coefficient (Wildman–Crippen LogP) is 7.32. The molecule has 0 aliphatic heterocycles. The van der Waals surface area contributed by atoms with Crippen LogP contribution in [0.4, 0.5) is 0 Å². The van der Waals surface area contributed by atoms with Crippen LogP contribution in [0, 0.1) is 0 Å². The van der Waals surface area contributed by atoms with Crippen molar-refractivity contribution in [2.24, 2.45) is 0 Å². The summed E-state index contributed by atoms with van der Waals surface area (Å²) in [6.07, 6.45) is 9.52. The van der Waals surface area contributed by atoms with Gasteiger partial charge in [0.05, 0.1) is 19.6 Å². The Morgan fingerprint density at radius 2 is 1.03 bits per heavy atom. The molecule has 0 aromatic heterocycles. The van der Waals surface area contributed by atoms with Gasteiger partial charge in [0.1, 0.15) is 42.7 Å². The van der Waals surface area contributed by atoms with Crippen molar-refractivity contribution in [3.8, 4) is 0 Å². The Hall–Kier alpha value is -0.980. The van der Waals surface area contributed by atoms with Gasteiger partial charge in [0.2, 0.25) is 0 Å². The van der Waals surface area contributed by atoms with Crippen molar-refractivity contribution in [3.63, 3.8) is 0 Å². The summed E-state index contributed by atoms with van der Waals surface area (Å²) >= 11 is 1.43. The van der Waals surface area contributed by atoms with E-state index in [-0.39, 0.29) is 18.1 Å². The quantitative estimate of drug-likeness (QED) is 0.0181. The second-order valence-corrected chi connectivity index (χ2v) is 19.8. The molecule has 1 fully saturated rings. The van der Waals surface area contributed by atoms with Gasteiger partial charge in [-0.2, -0.15) is 0 Å². The van der Waals surface area contributed by atoms with Gasteiger partial charge in [-0.1, -0.05) is 148 Å². The zero-order valence-corrected chi connectivity index (χ0v) is 39.2. The highest BCUT2D eigenvalue weighted by molar-refractivity contribution is 8.13. The Balaban J connectivity index is 2.60. The van der Waals surface area contributed by atoms with Crippen molar-refractivity contribution in [2.45, 2.75) is 224 Å². The minimum Gasteiger partial charge on any atom is -0.466 e. The summed E-state index contributed by atoms with van der Waals surface area (Å²) in [7, 11) is -10.7. The van der Waals surface area contributed by atoms with Gasteiger partial charge >= 0.3 is 27.6 Å². The van der Waals surface area contributed by atoms with Crippen LogP contribution in [0.3, 0.4) is 0 Å². The topological polar surface area (TPSA) is 273 Å². The number of ether oxygens (including phenoxy) is 2. The molecular formula is C41H78O17P2S. The lowest BCUT2D eigenvalue weighted by molar-refractivity contribution is -0.216. The lowest BCUT2D eigenvalue weighted by Gasteiger charge is -2.43. The average Bonchev–Trinajstić information content (AvgIpc) is 3.19. The summed E-state index contributed by atoms with van der Waals surface area (Å²) in [4.78, 5) is 65.9. The molecule has 1 saturated carbocycles. The molecule has 20 heteroatoms. The first kappa shape index (κ1) is 58.0. The molecule has 0 amide bonds. The Morgan fingerprint density at radius 3 is 1.54 bits per heavy atom. The first-order valence-corrected chi connectivity index (χ1v) is 26.6. The highest BCUT2D eigenvalue weighted by Crippen LogP contribution is 2.49. The fraction of sp³-hybridized carbons (Fsp3) is 0.927. The third kappa shape index (κ3) is 29.2. The molecule has 17 nitrogen and oxygen atoms in total. The number of thioether (sulfide) groups is 1. The summed E-state index contributed by atoms with van der Waals surface area (Å²) in [6, 6.07) is 0. The molecule has 0 radical (unpaired) electrons. The summed E-state index contributed by atoms with van der Waals surface area (Å²) < 4.78 is 49.3. The number of carbonyl (C=O) groups excluding carboxylic acids is 3. The van der Waals surface area contributed by atoms with Gasteiger partial charge in [-0.25, -0.2) is 9.13 Å². The third-order valence-electron chi connectivity index (χ3n) is 10.4. The molecule has 8 atom stereocenters. The summed E-state index contributed by atoms with van der Waals surface area (Å²) in [5, 5.41) is 41.4. The molecule has 0 bridgehead atoms. The van der Waals surface area contributed by atoms with Crippen LogP contribution in [0.25, 0.3) is 0 Å². The number of rotatable bonds is 38. The second kappa shape index (κ2) is 34.4. The van der Waals surface area contributed by atoms with E-state index in [9.17, 15) is 48.8 Å². The molecule has 7 N–H and O–H groups in total. The molecule has 1 aliphatic carbocycles. The molecule has 0 heterocycles. The van der Waals surface area contributed by atoms with Gasteiger partial charge < -0.3 is 44.6 Å². The highest BCUT2D eigenvalue weighted by Gasteiger charge is 2.54. The Kier molecular flexibility index (Phi) is 32.7. The zero-order valence-electron chi connectivity index (χ0n) is 36.6. The molecule has 1 rings (SSSR count). The Morgan fingerprint density at radius 1 is 0.557 bits per heavy atom. The van der Waals surface area contributed by atoms with Crippen molar-refractivity contribution in [1.29, 1.82) is 0 Å². The number of phosphoric acid groups is 2. The van der Waals surface area contributed by atoms with E-state index in [0.717, 1.165) is 89.2 Å². The van der Waals surface area contributed by atoms with Crippen LogP contribution in [-0.2, 0) is 46.6 Å². The highest BCUT2D eigenvalue weighted by atomic mass is 32.2. The standard InChI is InChI=1S/C41H78O17P2S/c1-3-5-6-7-8-9-10-11-12-14-17-20-23-27-33(42)56-32(30-34(43)54-28-24-21-18-15-13-16-19-22-25-29-61-35(44)26-4-2)31-55-60(52,53)58-41-38(47)36(45)37(46)40(39(41)48)57-59(49,50)51/h32,36-41,45-48H,3-31H2,1-2H3,(H,52,53)(H2,49,50,51)/t32-,36-,37?,38?,39+,40+,41?/m1/s1. The molecule has 4 unspecified atom stereocenters. The van der Waals surface area contributed by atoms with Crippen LogP contribution in [0.1, 0.15) is 181 Å². The average molecular weight is 937 g/mol. The van der Waals surface area contributed by atoms with E-state index in [1.807, 2.05) is 6.92 Å². The normalized spacial score (nSPS) is 22.1. The van der Waals surface area contributed by atoms with Gasteiger partial charge in [0.15, 0.2) is 5.12 Å². The van der Waals surface area contributed by atoms with Gasteiger partial charge in [0.25, 0.3) is 0 Å². The fourth-order valence-corrected chi connectivity index (χ4v) is 9.42. The number of aliphatic hydroxyl groups excluding tert-OH is 4. The summed E-state index contributed by atoms with van der Waals surface area (Å²) in [6.45, 7) is 3.45. The zero-order chi connectivity index (χ0) is 45.5. The number of hydrogen-bond acceptors (Lipinski definition) is 15. The van der Waals surface area contributed by atoms with Crippen molar-refractivity contribution in [3.05, 3.63) is 0 Å². The van der Waals surface area contributed by atoms with Crippen LogP contribution < -0.4 is 0 Å². The van der Waals surface area contributed by atoms with Crippen LogP contribution in [0.2, 0.25) is 0 Å². The summed E-state index contributed by atoms with van der Waals surface area (Å²) in [5.41, 5.74) is 0. The lowest BCUT2D eigenvalue weighted by atomic mass is 9.85. The second-order valence-electron chi connectivity index (χ2n) is 16.0. The maximum atomic E-state index is 13.0. The monoisotopic (exact) mass is 936 g/mol. The van der Waals surface area contributed by atoms with E-state index in [2.05, 4.69) is 11.4 Å². The minimum absolute atomic E-state index is 0.0251. The molecule has 0 spiro atoms. The molecule has 0 aromatic carbocycles. The van der Waals surface area contributed by atoms with Crippen LogP contribution >= 0.6 is 27.4 Å². The van der Waals surface area contributed by atoms with Crippen molar-refractivity contribution < 1.29 is 81.7 Å². The van der Waals surface area contributed by atoms with Crippen molar-refractivity contribution in [1.82, 2.24) is 0 Å². The van der Waals surface area contributed by atoms with Crippen LogP contribution in [0.15, 0.2) is 0 Å². The Labute approximate surface area is 367 Å². The largest absolute Gasteiger partial charge is 0.472 e. The lowest BCUT2D eigenvalue weighted by Crippen LogP contribution is -2.64. The number of aliphatic hydroxyl groups is 4. The van der Waals surface area contributed by atoms with Gasteiger partial charge in [-0.05, 0) is 25.7 Å². The minimum atomic E-state index is -5.37. The first-order valence-electron chi connectivity index (χ1n) is 22.6. The van der Waals surface area contributed by atoms with E-state index < -0.39 is 83.3 Å². The smallest absolute Gasteiger partial charge is 0.466 e. The first-order chi connectivity index (χ1) is 29.0. The van der Waals surface area contributed by atoms with Crippen LogP contribution in [-0.4, -0.2) is 114 Å². The van der Waals surface area contributed by atoms with Crippen molar-refractivity contribution in [2.75, 3.05) is 19.0 Å². The number of esters is 2. The number of carbonyl (C=O) groups is 3.